The molecule has 26 heavy (non-hydrogen) atoms. The quantitative estimate of drug-likeness (QED) is 0.660. The summed E-state index contributed by atoms with van der Waals surface area (Å²) < 4.78 is 5.26. The molecule has 1 aromatic carbocycles. The van der Waals surface area contributed by atoms with Crippen molar-refractivity contribution in [3.63, 3.8) is 0 Å². The highest BCUT2D eigenvalue weighted by molar-refractivity contribution is 5.98. The van der Waals surface area contributed by atoms with E-state index in [1.165, 1.54) is 0 Å². The number of benzene rings is 1. The lowest BCUT2D eigenvalue weighted by molar-refractivity contribution is 0.0234. The maximum absolute atomic E-state index is 12.8. The monoisotopic (exact) mass is 351 g/mol. The van der Waals surface area contributed by atoms with E-state index in [1.54, 1.807) is 19.5 Å². The summed E-state index contributed by atoms with van der Waals surface area (Å²) in [5, 5.41) is 13.8. The Morgan fingerprint density at radius 3 is 2.85 bits per heavy atom. The first-order valence-corrected chi connectivity index (χ1v) is 8.69. The van der Waals surface area contributed by atoms with E-state index in [2.05, 4.69) is 15.3 Å². The van der Waals surface area contributed by atoms with Gasteiger partial charge in [-0.15, -0.1) is 0 Å². The minimum atomic E-state index is -0.300. The smallest absolute Gasteiger partial charge is 0.268 e. The number of hydrogen-bond acceptors (Lipinski definition) is 4. The number of ether oxygens (including phenoxy) is 1. The summed E-state index contributed by atoms with van der Waals surface area (Å²) >= 11 is 0. The van der Waals surface area contributed by atoms with Gasteiger partial charge in [-0.25, -0.2) is 0 Å². The van der Waals surface area contributed by atoms with Crippen molar-refractivity contribution in [1.82, 2.24) is 15.3 Å². The highest BCUT2D eigenvalue weighted by atomic mass is 16.5. The summed E-state index contributed by atoms with van der Waals surface area (Å²) in [6, 6.07) is 11.3. The van der Waals surface area contributed by atoms with Crippen LogP contribution < -0.4 is 10.1 Å². The first-order chi connectivity index (χ1) is 12.6. The third kappa shape index (κ3) is 3.15. The fourth-order valence-corrected chi connectivity index (χ4v) is 3.51. The van der Waals surface area contributed by atoms with Gasteiger partial charge in [0.05, 0.1) is 25.5 Å². The predicted octanol–water partition coefficient (Wildman–Crippen LogP) is 2.81. The third-order valence-electron chi connectivity index (χ3n) is 5.01. The molecule has 0 saturated heterocycles. The maximum Gasteiger partial charge on any atom is 0.268 e. The van der Waals surface area contributed by atoms with Crippen molar-refractivity contribution in [1.29, 1.82) is 0 Å². The van der Waals surface area contributed by atoms with Crippen LogP contribution >= 0.6 is 0 Å². The number of nitrogens with zero attached hydrogens (tertiary/aromatic N) is 1. The van der Waals surface area contributed by atoms with Crippen LogP contribution in [0.25, 0.3) is 10.9 Å². The van der Waals surface area contributed by atoms with E-state index in [1.807, 2.05) is 36.4 Å². The van der Waals surface area contributed by atoms with Gasteiger partial charge in [0.2, 0.25) is 0 Å². The average molecular weight is 351 g/mol. The first-order valence-electron chi connectivity index (χ1n) is 8.69. The number of para-hydroxylation sites is 1. The summed E-state index contributed by atoms with van der Waals surface area (Å²) in [6.07, 6.45) is 4.40. The van der Waals surface area contributed by atoms with Crippen molar-refractivity contribution in [2.24, 2.45) is 5.92 Å². The standard InChI is InChI=1S/C20H21N3O3/c1-26-16-8-14(10-21-11-16)19(13-6-15(24)7-13)23-20(25)18-9-12-4-2-3-5-17(12)22-18/h2-5,8-11,13,15,19,22,24H,6-7H2,1H3,(H,23,25)/t13?,15?,19-/m0/s1. The van der Waals surface area contributed by atoms with Crippen LogP contribution in [0.2, 0.25) is 0 Å². The number of aliphatic hydroxyl groups is 1. The van der Waals surface area contributed by atoms with Gasteiger partial charge in [-0.05, 0) is 42.5 Å². The van der Waals surface area contributed by atoms with Crippen molar-refractivity contribution >= 4 is 16.8 Å². The Kier molecular flexibility index (Phi) is 4.34. The number of aromatic nitrogens is 2. The van der Waals surface area contributed by atoms with Crippen molar-refractivity contribution < 1.29 is 14.6 Å². The highest BCUT2D eigenvalue weighted by Crippen LogP contribution is 2.38. The summed E-state index contributed by atoms with van der Waals surface area (Å²) in [7, 11) is 1.59. The number of H-pyrrole nitrogens is 1. The van der Waals surface area contributed by atoms with E-state index >= 15 is 0 Å². The second-order valence-electron chi connectivity index (χ2n) is 6.76. The molecular weight excluding hydrogens is 330 g/mol. The maximum atomic E-state index is 12.8. The van der Waals surface area contributed by atoms with Crippen molar-refractivity contribution in [3.05, 3.63) is 60.0 Å². The zero-order chi connectivity index (χ0) is 18.1. The Morgan fingerprint density at radius 2 is 2.12 bits per heavy atom. The van der Waals surface area contributed by atoms with Crippen LogP contribution in [0.1, 0.15) is 34.9 Å². The third-order valence-corrected chi connectivity index (χ3v) is 5.01. The molecule has 2 aromatic heterocycles. The number of fused-ring (bicyclic) bond motifs is 1. The lowest BCUT2D eigenvalue weighted by atomic mass is 9.75. The van der Waals surface area contributed by atoms with Crippen molar-refractivity contribution in [2.45, 2.75) is 25.0 Å². The molecule has 2 heterocycles. The van der Waals surface area contributed by atoms with Crippen molar-refractivity contribution in [3.8, 4) is 5.75 Å². The van der Waals surface area contributed by atoms with E-state index in [4.69, 9.17) is 4.74 Å². The van der Waals surface area contributed by atoms with Gasteiger partial charge in [-0.1, -0.05) is 18.2 Å². The number of nitrogens with one attached hydrogen (secondary N) is 2. The molecule has 0 spiro atoms. The van der Waals surface area contributed by atoms with Crippen LogP contribution in [0.15, 0.2) is 48.8 Å². The van der Waals surface area contributed by atoms with E-state index in [-0.39, 0.29) is 24.0 Å². The normalized spacial score (nSPS) is 20.4. The molecule has 0 unspecified atom stereocenters. The summed E-state index contributed by atoms with van der Waals surface area (Å²) in [5.74, 6) is 0.648. The van der Waals surface area contributed by atoms with Gasteiger partial charge in [-0.2, -0.15) is 0 Å². The summed E-state index contributed by atoms with van der Waals surface area (Å²) in [4.78, 5) is 20.2. The fraction of sp³-hybridized carbons (Fsp3) is 0.300. The Labute approximate surface area is 151 Å². The topological polar surface area (TPSA) is 87.2 Å². The highest BCUT2D eigenvalue weighted by Gasteiger charge is 2.36. The molecule has 1 atom stereocenters. The predicted molar refractivity (Wildman–Crippen MR) is 98.0 cm³/mol. The number of methoxy groups -OCH3 is 1. The Bertz CT molecular complexity index is 898. The largest absolute Gasteiger partial charge is 0.495 e. The van der Waals surface area contributed by atoms with Gasteiger partial charge < -0.3 is 20.1 Å². The fourth-order valence-electron chi connectivity index (χ4n) is 3.51. The molecule has 4 rings (SSSR count). The molecular formula is C20H21N3O3. The molecule has 1 aliphatic rings. The van der Waals surface area contributed by atoms with Gasteiger partial charge in [0.15, 0.2) is 0 Å². The lowest BCUT2D eigenvalue weighted by Crippen LogP contribution is -2.41. The van der Waals surface area contributed by atoms with Crippen LogP contribution in [0.5, 0.6) is 5.75 Å². The number of hydrogen-bond donors (Lipinski definition) is 3. The van der Waals surface area contributed by atoms with Gasteiger partial charge in [0.25, 0.3) is 5.91 Å². The number of carbonyl (C=O) groups excluding carboxylic acids is 1. The molecule has 134 valence electrons. The number of amides is 1. The summed E-state index contributed by atoms with van der Waals surface area (Å²) in [6.45, 7) is 0. The molecule has 0 bridgehead atoms. The molecule has 6 heteroatoms. The molecule has 6 nitrogen and oxygen atoms in total. The average Bonchev–Trinajstić information content (AvgIpc) is 3.08. The van der Waals surface area contributed by atoms with Gasteiger partial charge >= 0.3 is 0 Å². The molecule has 1 aliphatic carbocycles. The van der Waals surface area contributed by atoms with E-state index in [9.17, 15) is 9.90 Å². The SMILES string of the molecule is COc1cncc([C@@H](NC(=O)c2cc3ccccc3[nH]2)C2CC(O)C2)c1. The number of aliphatic hydroxyl groups excluding tert-OH is 1. The van der Waals surface area contributed by atoms with Crippen LogP contribution in [-0.4, -0.2) is 34.2 Å². The van der Waals surface area contributed by atoms with Crippen LogP contribution in [-0.2, 0) is 0 Å². The van der Waals surface area contributed by atoms with Crippen LogP contribution in [0.3, 0.4) is 0 Å². The van der Waals surface area contributed by atoms with E-state index in [0.717, 1.165) is 16.5 Å². The molecule has 0 aliphatic heterocycles. The zero-order valence-corrected chi connectivity index (χ0v) is 14.5. The van der Waals surface area contributed by atoms with Gasteiger partial charge in [0, 0.05) is 17.1 Å². The Balaban J connectivity index is 1.60. The minimum Gasteiger partial charge on any atom is -0.495 e. The lowest BCUT2D eigenvalue weighted by Gasteiger charge is -2.38. The first kappa shape index (κ1) is 16.6. The molecule has 1 saturated carbocycles. The van der Waals surface area contributed by atoms with Crippen LogP contribution in [0.4, 0.5) is 0 Å². The summed E-state index contributed by atoms with van der Waals surface area (Å²) in [5.41, 5.74) is 2.33. The number of aromatic amines is 1. The van der Waals surface area contributed by atoms with E-state index in [0.29, 0.717) is 24.3 Å². The van der Waals surface area contributed by atoms with Crippen LogP contribution in [0, 0.1) is 5.92 Å². The van der Waals surface area contributed by atoms with Gasteiger partial charge in [0.1, 0.15) is 11.4 Å². The second kappa shape index (κ2) is 6.80. The minimum absolute atomic E-state index is 0.171. The van der Waals surface area contributed by atoms with Gasteiger partial charge in [-0.3, -0.25) is 9.78 Å². The molecule has 1 fully saturated rings. The zero-order valence-electron chi connectivity index (χ0n) is 14.5. The number of rotatable bonds is 5. The second-order valence-corrected chi connectivity index (χ2v) is 6.76. The number of pyridine rings is 1. The Hall–Kier alpha value is -2.86. The van der Waals surface area contributed by atoms with Crippen molar-refractivity contribution in [2.75, 3.05) is 7.11 Å². The Morgan fingerprint density at radius 1 is 1.31 bits per heavy atom. The molecule has 0 radical (unpaired) electrons. The number of carbonyl (C=O) groups is 1. The molecule has 3 aromatic rings. The molecule has 1 amide bonds. The van der Waals surface area contributed by atoms with E-state index < -0.39 is 0 Å². The molecule has 3 N–H and O–H groups in total.